The first kappa shape index (κ1) is 17.7. The fraction of sp³-hybridized carbons (Fsp3) is 0.632. The van der Waals surface area contributed by atoms with Gasteiger partial charge in [0, 0.05) is 5.41 Å². The summed E-state index contributed by atoms with van der Waals surface area (Å²) in [6.45, 7) is 15.5. The summed E-state index contributed by atoms with van der Waals surface area (Å²) in [5.74, 6) is 1.04. The van der Waals surface area contributed by atoms with Crippen LogP contribution in [0.15, 0.2) is 0 Å². The van der Waals surface area contributed by atoms with Crippen LogP contribution in [0.5, 0.6) is 5.75 Å². The lowest BCUT2D eigenvalue weighted by Gasteiger charge is -2.23. The fourth-order valence-electron chi connectivity index (χ4n) is 2.68. The van der Waals surface area contributed by atoms with Crippen LogP contribution in [0.2, 0.25) is 0 Å². The first-order valence-corrected chi connectivity index (χ1v) is 7.93. The molecule has 1 aromatic rings. The standard InChI is InChI=1S/C19H30O2/c1-8-11-21-18-15(4)13(2)14(3)17(16(18)5)9-10-19(6,7)12-20/h12H,8-11H2,1-7H3. The van der Waals surface area contributed by atoms with E-state index in [1.54, 1.807) is 0 Å². The van der Waals surface area contributed by atoms with Gasteiger partial charge in [-0.25, -0.2) is 0 Å². The Kier molecular flexibility index (Phi) is 6.00. The Morgan fingerprint density at radius 1 is 1.00 bits per heavy atom. The molecular weight excluding hydrogens is 260 g/mol. The van der Waals surface area contributed by atoms with Crippen molar-refractivity contribution >= 4 is 6.29 Å². The molecule has 21 heavy (non-hydrogen) atoms. The van der Waals surface area contributed by atoms with Gasteiger partial charge >= 0.3 is 0 Å². The molecule has 0 heterocycles. The highest BCUT2D eigenvalue weighted by Gasteiger charge is 2.20. The molecule has 2 nitrogen and oxygen atoms in total. The second-order valence-electron chi connectivity index (χ2n) is 6.76. The SMILES string of the molecule is CCCOc1c(C)c(C)c(C)c(CCC(C)(C)C=O)c1C. The summed E-state index contributed by atoms with van der Waals surface area (Å²) in [4.78, 5) is 11.1. The largest absolute Gasteiger partial charge is 0.493 e. The molecule has 1 aromatic carbocycles. The molecule has 0 aromatic heterocycles. The van der Waals surface area contributed by atoms with Gasteiger partial charge in [-0.3, -0.25) is 0 Å². The molecule has 1 rings (SSSR count). The Morgan fingerprint density at radius 2 is 1.62 bits per heavy atom. The zero-order chi connectivity index (χ0) is 16.2. The van der Waals surface area contributed by atoms with E-state index in [1.807, 2.05) is 13.8 Å². The molecule has 2 heteroatoms. The van der Waals surface area contributed by atoms with Crippen molar-refractivity contribution in [2.24, 2.45) is 5.41 Å². The van der Waals surface area contributed by atoms with Crippen molar-refractivity contribution in [2.45, 2.75) is 67.7 Å². The van der Waals surface area contributed by atoms with E-state index in [2.05, 4.69) is 34.6 Å². The van der Waals surface area contributed by atoms with E-state index in [1.165, 1.54) is 27.8 Å². The van der Waals surface area contributed by atoms with E-state index in [4.69, 9.17) is 4.74 Å². The van der Waals surface area contributed by atoms with Gasteiger partial charge < -0.3 is 9.53 Å². The van der Waals surface area contributed by atoms with E-state index in [-0.39, 0.29) is 5.41 Å². The molecule has 118 valence electrons. The van der Waals surface area contributed by atoms with Gasteiger partial charge in [0.05, 0.1) is 6.61 Å². The lowest BCUT2D eigenvalue weighted by atomic mass is 9.84. The number of ether oxygens (including phenoxy) is 1. The van der Waals surface area contributed by atoms with Crippen molar-refractivity contribution < 1.29 is 9.53 Å². The third kappa shape index (κ3) is 4.09. The Bertz CT molecular complexity index is 513. The second kappa shape index (κ2) is 7.11. The number of benzene rings is 1. The molecule has 0 aliphatic carbocycles. The Labute approximate surface area is 129 Å². The van der Waals surface area contributed by atoms with E-state index >= 15 is 0 Å². The molecule has 0 saturated carbocycles. The maximum Gasteiger partial charge on any atom is 0.125 e. The quantitative estimate of drug-likeness (QED) is 0.670. The van der Waals surface area contributed by atoms with Crippen LogP contribution in [0.3, 0.4) is 0 Å². The summed E-state index contributed by atoms with van der Waals surface area (Å²) >= 11 is 0. The second-order valence-corrected chi connectivity index (χ2v) is 6.76. The van der Waals surface area contributed by atoms with Gasteiger partial charge in [-0.15, -0.1) is 0 Å². The molecule has 0 atom stereocenters. The summed E-state index contributed by atoms with van der Waals surface area (Å²) in [7, 11) is 0. The van der Waals surface area contributed by atoms with Crippen molar-refractivity contribution in [2.75, 3.05) is 6.61 Å². The van der Waals surface area contributed by atoms with Gasteiger partial charge in [-0.1, -0.05) is 20.8 Å². The molecule has 0 saturated heterocycles. The Balaban J connectivity index is 3.19. The van der Waals surface area contributed by atoms with Crippen LogP contribution in [-0.2, 0) is 11.2 Å². The molecule has 0 radical (unpaired) electrons. The third-order valence-corrected chi connectivity index (χ3v) is 4.50. The first-order chi connectivity index (χ1) is 9.75. The monoisotopic (exact) mass is 290 g/mol. The molecule has 0 aliphatic rings. The van der Waals surface area contributed by atoms with Gasteiger partial charge in [0.2, 0.25) is 0 Å². The predicted octanol–water partition coefficient (Wildman–Crippen LogP) is 4.87. The average Bonchev–Trinajstić information content (AvgIpc) is 2.45. The van der Waals surface area contributed by atoms with Gasteiger partial charge in [0.25, 0.3) is 0 Å². The summed E-state index contributed by atoms with van der Waals surface area (Å²) in [5.41, 5.74) is 6.23. The van der Waals surface area contributed by atoms with Crippen LogP contribution in [0.25, 0.3) is 0 Å². The highest BCUT2D eigenvalue weighted by Crippen LogP contribution is 2.34. The molecule has 0 fully saturated rings. The first-order valence-electron chi connectivity index (χ1n) is 7.93. The highest BCUT2D eigenvalue weighted by atomic mass is 16.5. The van der Waals surface area contributed by atoms with Crippen LogP contribution >= 0.6 is 0 Å². The summed E-state index contributed by atoms with van der Waals surface area (Å²) < 4.78 is 5.98. The molecule has 0 aliphatic heterocycles. The number of hydrogen-bond acceptors (Lipinski definition) is 2. The predicted molar refractivity (Wildman–Crippen MR) is 89.3 cm³/mol. The smallest absolute Gasteiger partial charge is 0.125 e. The summed E-state index contributed by atoms with van der Waals surface area (Å²) in [6, 6.07) is 0. The zero-order valence-corrected chi connectivity index (χ0v) is 14.7. The topological polar surface area (TPSA) is 26.3 Å². The van der Waals surface area contributed by atoms with Gasteiger partial charge in [0.1, 0.15) is 12.0 Å². The third-order valence-electron chi connectivity index (χ3n) is 4.50. The van der Waals surface area contributed by atoms with Crippen LogP contribution in [0, 0.1) is 33.1 Å². The van der Waals surface area contributed by atoms with Crippen molar-refractivity contribution in [3.63, 3.8) is 0 Å². The van der Waals surface area contributed by atoms with Crippen molar-refractivity contribution in [3.8, 4) is 5.75 Å². The van der Waals surface area contributed by atoms with Gasteiger partial charge in [0.15, 0.2) is 0 Å². The molecule has 0 amide bonds. The number of carbonyl (C=O) groups is 1. The minimum Gasteiger partial charge on any atom is -0.493 e. The fourth-order valence-corrected chi connectivity index (χ4v) is 2.68. The zero-order valence-electron chi connectivity index (χ0n) is 14.7. The Hall–Kier alpha value is -1.31. The van der Waals surface area contributed by atoms with Gasteiger partial charge in [-0.2, -0.15) is 0 Å². The lowest BCUT2D eigenvalue weighted by Crippen LogP contribution is -2.15. The normalized spacial score (nSPS) is 11.6. The maximum atomic E-state index is 11.1. The number of aldehydes is 1. The van der Waals surface area contributed by atoms with Crippen molar-refractivity contribution in [1.82, 2.24) is 0 Å². The number of hydrogen-bond donors (Lipinski definition) is 0. The maximum absolute atomic E-state index is 11.1. The summed E-state index contributed by atoms with van der Waals surface area (Å²) in [6.07, 6.45) is 3.87. The molecule has 0 bridgehead atoms. The molecular formula is C19H30O2. The number of rotatable bonds is 7. The number of carbonyl (C=O) groups excluding carboxylic acids is 1. The van der Waals surface area contributed by atoms with Crippen LogP contribution in [0.1, 0.15) is 61.4 Å². The van der Waals surface area contributed by atoms with Crippen LogP contribution in [0.4, 0.5) is 0 Å². The van der Waals surface area contributed by atoms with E-state index in [0.717, 1.165) is 37.9 Å². The van der Waals surface area contributed by atoms with Crippen molar-refractivity contribution in [3.05, 3.63) is 27.8 Å². The Morgan fingerprint density at radius 3 is 2.14 bits per heavy atom. The van der Waals surface area contributed by atoms with Crippen LogP contribution in [-0.4, -0.2) is 12.9 Å². The van der Waals surface area contributed by atoms with E-state index in [0.29, 0.717) is 0 Å². The molecule has 0 unspecified atom stereocenters. The molecule has 0 N–H and O–H groups in total. The van der Waals surface area contributed by atoms with Crippen molar-refractivity contribution in [1.29, 1.82) is 0 Å². The van der Waals surface area contributed by atoms with Crippen LogP contribution < -0.4 is 4.74 Å². The molecule has 0 spiro atoms. The average molecular weight is 290 g/mol. The summed E-state index contributed by atoms with van der Waals surface area (Å²) in [5, 5.41) is 0. The minimum absolute atomic E-state index is 0.262. The minimum atomic E-state index is -0.262. The highest BCUT2D eigenvalue weighted by molar-refractivity contribution is 5.58. The van der Waals surface area contributed by atoms with E-state index in [9.17, 15) is 4.79 Å². The van der Waals surface area contributed by atoms with E-state index < -0.39 is 0 Å². The van der Waals surface area contributed by atoms with Gasteiger partial charge in [-0.05, 0) is 74.8 Å². The lowest BCUT2D eigenvalue weighted by molar-refractivity contribution is -0.114.